The fraction of sp³-hybridized carbons (Fsp3) is 0.417. The normalized spacial score (nSPS) is 10.1. The molecule has 1 aromatic carbocycles. The zero-order valence-electron chi connectivity index (χ0n) is 9.62. The molecule has 0 heterocycles. The molecule has 0 spiro atoms. The number of rotatable bonds is 6. The first-order valence-electron chi connectivity index (χ1n) is 5.55. The van der Waals surface area contributed by atoms with Crippen molar-refractivity contribution < 1.29 is 4.79 Å². The lowest BCUT2D eigenvalue weighted by molar-refractivity contribution is -0.120. The fourth-order valence-corrected chi connectivity index (χ4v) is 1.41. The average Bonchev–Trinajstić information content (AvgIpc) is 2.27. The zero-order valence-corrected chi connectivity index (χ0v) is 9.62. The second-order valence-corrected chi connectivity index (χ2v) is 3.58. The van der Waals surface area contributed by atoms with E-state index in [1.807, 2.05) is 31.2 Å². The highest BCUT2D eigenvalue weighted by atomic mass is 16.1. The van der Waals surface area contributed by atoms with Gasteiger partial charge in [0.1, 0.15) is 0 Å². The van der Waals surface area contributed by atoms with Crippen LogP contribution in [0, 0.1) is 0 Å². The van der Waals surface area contributed by atoms with Gasteiger partial charge in [0.15, 0.2) is 0 Å². The number of nitrogens with two attached hydrogens (primary N) is 1. The van der Waals surface area contributed by atoms with E-state index in [0.717, 1.165) is 11.3 Å². The average molecular weight is 221 g/mol. The number of benzene rings is 1. The maximum absolute atomic E-state index is 11.1. The minimum absolute atomic E-state index is 0.0797. The molecule has 0 aliphatic carbocycles. The summed E-state index contributed by atoms with van der Waals surface area (Å²) in [7, 11) is 0. The Morgan fingerprint density at radius 1 is 1.38 bits per heavy atom. The summed E-state index contributed by atoms with van der Waals surface area (Å²) in [6, 6.07) is 7.72. The van der Waals surface area contributed by atoms with Crippen LogP contribution in [0.3, 0.4) is 0 Å². The van der Waals surface area contributed by atoms with E-state index in [4.69, 9.17) is 5.73 Å². The smallest absolute Gasteiger partial charge is 0.221 e. The van der Waals surface area contributed by atoms with Crippen LogP contribution in [0.25, 0.3) is 0 Å². The van der Waals surface area contributed by atoms with Gasteiger partial charge < -0.3 is 16.4 Å². The third kappa shape index (κ3) is 4.31. The monoisotopic (exact) mass is 221 g/mol. The standard InChI is InChI=1S/C12H19N3O/c1-2-15-12(16)7-8-14-9-10-5-3-4-6-11(10)13/h3-6,14H,2,7-9,13H2,1H3,(H,15,16). The molecule has 1 aromatic rings. The summed E-state index contributed by atoms with van der Waals surface area (Å²) in [5.74, 6) is 0.0797. The van der Waals surface area contributed by atoms with Crippen molar-refractivity contribution in [1.29, 1.82) is 0 Å². The van der Waals surface area contributed by atoms with E-state index in [-0.39, 0.29) is 5.91 Å². The number of nitrogens with one attached hydrogen (secondary N) is 2. The summed E-state index contributed by atoms with van der Waals surface area (Å²) in [5, 5.41) is 5.94. The van der Waals surface area contributed by atoms with E-state index >= 15 is 0 Å². The lowest BCUT2D eigenvalue weighted by atomic mass is 10.2. The molecule has 88 valence electrons. The first-order chi connectivity index (χ1) is 7.74. The first kappa shape index (κ1) is 12.5. The molecule has 1 rings (SSSR count). The van der Waals surface area contributed by atoms with Gasteiger partial charge in [-0.15, -0.1) is 0 Å². The van der Waals surface area contributed by atoms with Crippen molar-refractivity contribution in [3.63, 3.8) is 0 Å². The predicted octanol–water partition coefficient (Wildman–Crippen LogP) is 0.885. The molecule has 0 saturated carbocycles. The van der Waals surface area contributed by atoms with E-state index in [1.54, 1.807) is 0 Å². The van der Waals surface area contributed by atoms with E-state index in [2.05, 4.69) is 10.6 Å². The van der Waals surface area contributed by atoms with Crippen LogP contribution in [-0.2, 0) is 11.3 Å². The topological polar surface area (TPSA) is 67.2 Å². The first-order valence-corrected chi connectivity index (χ1v) is 5.55. The van der Waals surface area contributed by atoms with Gasteiger partial charge in [-0.3, -0.25) is 4.79 Å². The number of nitrogen functional groups attached to an aromatic ring is 1. The van der Waals surface area contributed by atoms with Crippen LogP contribution in [0.15, 0.2) is 24.3 Å². The highest BCUT2D eigenvalue weighted by Gasteiger charge is 1.99. The van der Waals surface area contributed by atoms with Crippen molar-refractivity contribution >= 4 is 11.6 Å². The molecular formula is C12H19N3O. The number of anilines is 1. The summed E-state index contributed by atoms with van der Waals surface area (Å²) in [5.41, 5.74) is 7.64. The molecule has 4 heteroatoms. The van der Waals surface area contributed by atoms with Crippen molar-refractivity contribution in [2.75, 3.05) is 18.8 Å². The Kier molecular flexibility index (Phi) is 5.36. The van der Waals surface area contributed by atoms with E-state index in [9.17, 15) is 4.79 Å². The fourth-order valence-electron chi connectivity index (χ4n) is 1.41. The van der Waals surface area contributed by atoms with E-state index in [1.165, 1.54) is 0 Å². The van der Waals surface area contributed by atoms with Gasteiger partial charge in [-0.05, 0) is 18.6 Å². The van der Waals surface area contributed by atoms with Gasteiger partial charge in [-0.1, -0.05) is 18.2 Å². The summed E-state index contributed by atoms with van der Waals surface area (Å²) in [6.45, 7) is 3.96. The maximum Gasteiger partial charge on any atom is 0.221 e. The Bertz CT molecular complexity index is 339. The molecular weight excluding hydrogens is 202 g/mol. The summed E-state index contributed by atoms with van der Waals surface area (Å²) < 4.78 is 0. The van der Waals surface area contributed by atoms with Crippen molar-refractivity contribution in [2.45, 2.75) is 19.9 Å². The third-order valence-corrected chi connectivity index (χ3v) is 2.27. The third-order valence-electron chi connectivity index (χ3n) is 2.27. The lowest BCUT2D eigenvalue weighted by Crippen LogP contribution is -2.27. The van der Waals surface area contributed by atoms with Gasteiger partial charge in [0.2, 0.25) is 5.91 Å². The number of hydrogen-bond acceptors (Lipinski definition) is 3. The molecule has 0 atom stereocenters. The molecule has 0 aliphatic rings. The van der Waals surface area contributed by atoms with Crippen molar-refractivity contribution in [2.24, 2.45) is 0 Å². The molecule has 16 heavy (non-hydrogen) atoms. The van der Waals surface area contributed by atoms with Crippen LogP contribution in [0.5, 0.6) is 0 Å². The van der Waals surface area contributed by atoms with Gasteiger partial charge in [0.05, 0.1) is 0 Å². The Balaban J connectivity index is 2.21. The minimum Gasteiger partial charge on any atom is -0.398 e. The Morgan fingerprint density at radius 2 is 2.12 bits per heavy atom. The van der Waals surface area contributed by atoms with Crippen LogP contribution >= 0.6 is 0 Å². The molecule has 4 nitrogen and oxygen atoms in total. The van der Waals surface area contributed by atoms with Gasteiger partial charge >= 0.3 is 0 Å². The van der Waals surface area contributed by atoms with Gasteiger partial charge in [0.25, 0.3) is 0 Å². The Labute approximate surface area is 96.2 Å². The molecule has 1 amide bonds. The molecule has 0 radical (unpaired) electrons. The SMILES string of the molecule is CCNC(=O)CCNCc1ccccc1N. The van der Waals surface area contributed by atoms with Crippen LogP contribution in [0.2, 0.25) is 0 Å². The molecule has 4 N–H and O–H groups in total. The van der Waals surface area contributed by atoms with Crippen molar-refractivity contribution in [3.05, 3.63) is 29.8 Å². The maximum atomic E-state index is 11.1. The second kappa shape index (κ2) is 6.85. The summed E-state index contributed by atoms with van der Waals surface area (Å²) in [4.78, 5) is 11.1. The number of hydrogen-bond donors (Lipinski definition) is 3. The van der Waals surface area contributed by atoms with E-state index < -0.39 is 0 Å². The van der Waals surface area contributed by atoms with Crippen molar-refractivity contribution in [1.82, 2.24) is 10.6 Å². The minimum atomic E-state index is 0.0797. The van der Waals surface area contributed by atoms with Gasteiger partial charge in [-0.25, -0.2) is 0 Å². The van der Waals surface area contributed by atoms with Crippen LogP contribution in [0.1, 0.15) is 18.9 Å². The van der Waals surface area contributed by atoms with Crippen molar-refractivity contribution in [3.8, 4) is 0 Å². The number of carbonyl (C=O) groups excluding carboxylic acids is 1. The molecule has 0 bridgehead atoms. The largest absolute Gasteiger partial charge is 0.398 e. The predicted molar refractivity (Wildman–Crippen MR) is 65.9 cm³/mol. The van der Waals surface area contributed by atoms with E-state index in [0.29, 0.717) is 26.1 Å². The lowest BCUT2D eigenvalue weighted by Gasteiger charge is -2.07. The summed E-state index contributed by atoms with van der Waals surface area (Å²) in [6.07, 6.45) is 0.501. The molecule has 0 aliphatic heterocycles. The van der Waals surface area contributed by atoms with Crippen LogP contribution < -0.4 is 16.4 Å². The Hall–Kier alpha value is -1.55. The summed E-state index contributed by atoms with van der Waals surface area (Å²) >= 11 is 0. The molecule has 0 fully saturated rings. The second-order valence-electron chi connectivity index (χ2n) is 3.58. The number of para-hydroxylation sites is 1. The highest BCUT2D eigenvalue weighted by molar-refractivity contribution is 5.75. The quantitative estimate of drug-likeness (QED) is 0.493. The molecule has 0 aromatic heterocycles. The molecule has 0 saturated heterocycles. The molecule has 0 unspecified atom stereocenters. The Morgan fingerprint density at radius 3 is 2.81 bits per heavy atom. The van der Waals surface area contributed by atoms with Crippen LogP contribution in [0.4, 0.5) is 5.69 Å². The van der Waals surface area contributed by atoms with Gasteiger partial charge in [0, 0.05) is 31.7 Å². The van der Waals surface area contributed by atoms with Gasteiger partial charge in [-0.2, -0.15) is 0 Å². The highest BCUT2D eigenvalue weighted by Crippen LogP contribution is 2.09. The van der Waals surface area contributed by atoms with Crippen LogP contribution in [-0.4, -0.2) is 19.0 Å². The number of amides is 1. The number of carbonyl (C=O) groups is 1. The zero-order chi connectivity index (χ0) is 11.8.